The summed E-state index contributed by atoms with van der Waals surface area (Å²) >= 11 is 0. The van der Waals surface area contributed by atoms with Crippen LogP contribution in [0.4, 0.5) is 0 Å². The first-order valence-electron chi connectivity index (χ1n) is 8.53. The van der Waals surface area contributed by atoms with Crippen LogP contribution in [0.1, 0.15) is 5.76 Å². The van der Waals surface area contributed by atoms with Gasteiger partial charge in [-0.05, 0) is 24.3 Å². The minimum Gasteiger partial charge on any atom is -0.468 e. The van der Waals surface area contributed by atoms with E-state index in [2.05, 4.69) is 9.62 Å². The highest BCUT2D eigenvalue weighted by Crippen LogP contribution is 2.34. The normalized spacial score (nSPS) is 26.8. The largest absolute Gasteiger partial charge is 0.468 e. The van der Waals surface area contributed by atoms with Gasteiger partial charge in [-0.15, -0.1) is 0 Å². The van der Waals surface area contributed by atoms with Crippen molar-refractivity contribution in [2.75, 3.05) is 26.2 Å². The zero-order chi connectivity index (χ0) is 17.3. The molecule has 3 heterocycles. The first-order chi connectivity index (χ1) is 12.1. The molecule has 2 saturated heterocycles. The van der Waals surface area contributed by atoms with Crippen molar-refractivity contribution < 1.29 is 17.6 Å². The Bertz CT molecular complexity index is 792. The number of nitrogens with one attached hydrogen (secondary N) is 1. The van der Waals surface area contributed by atoms with Crippen molar-refractivity contribution in [1.82, 2.24) is 9.62 Å². The topological polar surface area (TPSA) is 71.8 Å². The van der Waals surface area contributed by atoms with Gasteiger partial charge in [0.25, 0.3) is 0 Å². The molecule has 0 spiro atoms. The molecule has 1 N–H and O–H groups in total. The maximum atomic E-state index is 12.4. The number of benzene rings is 1. The number of ether oxygens (including phenoxy) is 1. The van der Waals surface area contributed by atoms with E-state index in [9.17, 15) is 8.42 Å². The van der Waals surface area contributed by atoms with Crippen LogP contribution in [-0.2, 0) is 21.3 Å². The fourth-order valence-corrected chi connectivity index (χ4v) is 4.86. The van der Waals surface area contributed by atoms with Crippen LogP contribution in [0.25, 0.3) is 0 Å². The number of hydrogen-bond acceptors (Lipinski definition) is 5. The molecule has 2 fully saturated rings. The molecule has 1 aromatic heterocycles. The second-order valence-electron chi connectivity index (χ2n) is 6.73. The molecule has 0 saturated carbocycles. The number of likely N-dealkylation sites (tertiary alicyclic amines) is 1. The summed E-state index contributed by atoms with van der Waals surface area (Å²) in [5.74, 6) is 1.50. The van der Waals surface area contributed by atoms with Crippen LogP contribution < -0.4 is 4.72 Å². The van der Waals surface area contributed by atoms with Crippen molar-refractivity contribution in [3.05, 3.63) is 54.5 Å². The number of fused-ring (bicyclic) bond motifs is 1. The average molecular weight is 362 g/mol. The fourth-order valence-electron chi connectivity index (χ4n) is 3.74. The van der Waals surface area contributed by atoms with Gasteiger partial charge in [-0.3, -0.25) is 4.90 Å². The van der Waals surface area contributed by atoms with Gasteiger partial charge in [0.1, 0.15) is 5.76 Å². The molecule has 0 aliphatic carbocycles. The molecule has 2 aliphatic heterocycles. The lowest BCUT2D eigenvalue weighted by atomic mass is 9.93. The lowest BCUT2D eigenvalue weighted by molar-refractivity contribution is 0.0931. The summed E-state index contributed by atoms with van der Waals surface area (Å²) in [6, 6.07) is 12.3. The van der Waals surface area contributed by atoms with Crippen LogP contribution in [0.5, 0.6) is 0 Å². The summed E-state index contributed by atoms with van der Waals surface area (Å²) in [5.41, 5.74) is 0. The van der Waals surface area contributed by atoms with E-state index < -0.39 is 10.0 Å². The van der Waals surface area contributed by atoms with Gasteiger partial charge in [0, 0.05) is 31.5 Å². The minimum absolute atomic E-state index is 0.182. The Kier molecular flexibility index (Phi) is 4.64. The Labute approximate surface area is 147 Å². The predicted octanol–water partition coefficient (Wildman–Crippen LogP) is 1.70. The van der Waals surface area contributed by atoms with E-state index in [1.807, 2.05) is 12.1 Å². The average Bonchev–Trinajstić information content (AvgIpc) is 3.32. The summed E-state index contributed by atoms with van der Waals surface area (Å²) in [4.78, 5) is 2.61. The van der Waals surface area contributed by atoms with Crippen LogP contribution in [0.3, 0.4) is 0 Å². The van der Waals surface area contributed by atoms with Crippen molar-refractivity contribution in [2.24, 2.45) is 11.8 Å². The van der Waals surface area contributed by atoms with E-state index in [1.54, 1.807) is 36.6 Å². The Morgan fingerprint density at radius 1 is 1.12 bits per heavy atom. The van der Waals surface area contributed by atoms with E-state index in [1.165, 1.54) is 0 Å². The molecular formula is C18H22N2O4S. The third-order valence-corrected chi connectivity index (χ3v) is 6.50. The number of furan rings is 1. The van der Waals surface area contributed by atoms with E-state index in [4.69, 9.17) is 9.15 Å². The van der Waals surface area contributed by atoms with Crippen molar-refractivity contribution in [3.63, 3.8) is 0 Å². The maximum absolute atomic E-state index is 12.4. The van der Waals surface area contributed by atoms with Gasteiger partial charge < -0.3 is 9.15 Å². The number of sulfonamides is 1. The van der Waals surface area contributed by atoms with Crippen LogP contribution >= 0.6 is 0 Å². The third kappa shape index (κ3) is 3.64. The van der Waals surface area contributed by atoms with Crippen molar-refractivity contribution in [1.29, 1.82) is 0 Å². The summed E-state index contributed by atoms with van der Waals surface area (Å²) in [6.07, 6.45) is 1.87. The van der Waals surface area contributed by atoms with Crippen LogP contribution in [0.15, 0.2) is 58.0 Å². The van der Waals surface area contributed by atoms with Gasteiger partial charge in [0.15, 0.2) is 0 Å². The van der Waals surface area contributed by atoms with Gasteiger partial charge in [0.05, 0.1) is 30.4 Å². The maximum Gasteiger partial charge on any atom is 0.240 e. The predicted molar refractivity (Wildman–Crippen MR) is 92.3 cm³/mol. The molecule has 25 heavy (non-hydrogen) atoms. The Morgan fingerprint density at radius 3 is 2.72 bits per heavy atom. The highest BCUT2D eigenvalue weighted by atomic mass is 32.2. The van der Waals surface area contributed by atoms with Crippen LogP contribution in [0, 0.1) is 11.8 Å². The van der Waals surface area contributed by atoms with Crippen LogP contribution in [0.2, 0.25) is 0 Å². The Balaban J connectivity index is 1.35. The summed E-state index contributed by atoms with van der Waals surface area (Å²) in [7, 11) is -3.47. The third-order valence-electron chi connectivity index (χ3n) is 5.06. The SMILES string of the molecule is O=S(=O)(NC[C@@H]1CO[C@H]2CN(Cc3ccco3)C[C@@H]12)c1ccccc1. The standard InChI is InChI=1S/C18H22N2O4S/c21-25(22,16-6-2-1-3-7-16)19-9-14-13-24-18-12-20(11-17(14)18)10-15-5-4-8-23-15/h1-8,14,17-19H,9-13H2/t14-,17+,18+/m1/s1. The molecule has 0 radical (unpaired) electrons. The van der Waals surface area contributed by atoms with Gasteiger partial charge in [-0.25, -0.2) is 13.1 Å². The molecule has 6 nitrogen and oxygen atoms in total. The first kappa shape index (κ1) is 16.8. The van der Waals surface area contributed by atoms with Gasteiger partial charge >= 0.3 is 0 Å². The zero-order valence-corrected chi connectivity index (χ0v) is 14.7. The van der Waals surface area contributed by atoms with Gasteiger partial charge in [-0.2, -0.15) is 0 Å². The lowest BCUT2D eigenvalue weighted by Crippen LogP contribution is -2.34. The molecule has 0 unspecified atom stereocenters. The second-order valence-corrected chi connectivity index (χ2v) is 8.50. The lowest BCUT2D eigenvalue weighted by Gasteiger charge is -2.19. The van der Waals surface area contributed by atoms with Crippen molar-refractivity contribution in [2.45, 2.75) is 17.5 Å². The van der Waals surface area contributed by atoms with Crippen molar-refractivity contribution in [3.8, 4) is 0 Å². The molecule has 134 valence electrons. The second kappa shape index (κ2) is 6.92. The summed E-state index contributed by atoms with van der Waals surface area (Å²) in [6.45, 7) is 3.57. The highest BCUT2D eigenvalue weighted by Gasteiger charge is 2.44. The molecular weight excluding hydrogens is 340 g/mol. The van der Waals surface area contributed by atoms with Gasteiger partial charge in [-0.1, -0.05) is 18.2 Å². The smallest absolute Gasteiger partial charge is 0.240 e. The van der Waals surface area contributed by atoms with E-state index in [0.29, 0.717) is 24.0 Å². The summed E-state index contributed by atoms with van der Waals surface area (Å²) in [5, 5.41) is 0. The van der Waals surface area contributed by atoms with Crippen molar-refractivity contribution >= 4 is 10.0 Å². The molecule has 2 aromatic rings. The first-order valence-corrected chi connectivity index (χ1v) is 10.0. The molecule has 7 heteroatoms. The Morgan fingerprint density at radius 2 is 1.96 bits per heavy atom. The Hall–Kier alpha value is -1.67. The molecule has 0 bridgehead atoms. The van der Waals surface area contributed by atoms with E-state index >= 15 is 0 Å². The number of hydrogen-bond donors (Lipinski definition) is 1. The zero-order valence-electron chi connectivity index (χ0n) is 13.9. The highest BCUT2D eigenvalue weighted by molar-refractivity contribution is 7.89. The number of rotatable bonds is 6. The molecule has 3 atom stereocenters. The quantitative estimate of drug-likeness (QED) is 0.847. The molecule has 1 aromatic carbocycles. The fraction of sp³-hybridized carbons (Fsp3) is 0.444. The summed E-state index contributed by atoms with van der Waals surface area (Å²) < 4.78 is 38.8. The number of nitrogens with zero attached hydrogens (tertiary/aromatic N) is 1. The molecule has 2 aliphatic rings. The minimum atomic E-state index is -3.47. The van der Waals surface area contributed by atoms with Gasteiger partial charge in [0.2, 0.25) is 10.0 Å². The molecule has 4 rings (SSSR count). The monoisotopic (exact) mass is 362 g/mol. The molecule has 0 amide bonds. The van der Waals surface area contributed by atoms with E-state index in [-0.39, 0.29) is 12.0 Å². The van der Waals surface area contributed by atoms with Crippen LogP contribution in [-0.4, -0.2) is 45.7 Å². The van der Waals surface area contributed by atoms with E-state index in [0.717, 1.165) is 25.4 Å².